The first-order valence-electron chi connectivity index (χ1n) is 7.70. The van der Waals surface area contributed by atoms with Crippen molar-refractivity contribution in [1.29, 1.82) is 0 Å². The van der Waals surface area contributed by atoms with E-state index in [0.717, 1.165) is 44.1 Å². The largest absolute Gasteiger partial charge is 0.469 e. The summed E-state index contributed by atoms with van der Waals surface area (Å²) in [4.78, 5) is 10.9. The lowest BCUT2D eigenvalue weighted by atomic mass is 10.1. The van der Waals surface area contributed by atoms with E-state index in [9.17, 15) is 9.18 Å². The van der Waals surface area contributed by atoms with Crippen LogP contribution in [0.3, 0.4) is 0 Å². The topological polar surface area (TPSA) is 26.3 Å². The second-order valence-corrected chi connectivity index (χ2v) is 5.20. The summed E-state index contributed by atoms with van der Waals surface area (Å²) in [5.74, 6) is -0.185. The summed E-state index contributed by atoms with van der Waals surface area (Å²) in [5.41, 5.74) is 0.915. The van der Waals surface area contributed by atoms with Crippen molar-refractivity contribution in [3.63, 3.8) is 0 Å². The molecule has 0 aliphatic rings. The summed E-state index contributed by atoms with van der Waals surface area (Å²) in [7, 11) is 1.42. The van der Waals surface area contributed by atoms with Crippen LogP contribution >= 0.6 is 0 Å². The molecule has 0 saturated carbocycles. The maximum absolute atomic E-state index is 13.7. The fraction of sp³-hybridized carbons (Fsp3) is 0.500. The van der Waals surface area contributed by atoms with Crippen LogP contribution in [0.5, 0.6) is 0 Å². The zero-order valence-corrected chi connectivity index (χ0v) is 12.8. The fourth-order valence-corrected chi connectivity index (χ4v) is 2.17. The van der Waals surface area contributed by atoms with Crippen molar-refractivity contribution in [3.05, 3.63) is 41.7 Å². The average Bonchev–Trinajstić information content (AvgIpc) is 2.50. The Morgan fingerprint density at radius 1 is 1.00 bits per heavy atom. The number of unbranched alkanes of at least 4 members (excludes halogenated alkanes) is 5. The molecule has 1 rings (SSSR count). The molecule has 0 aliphatic carbocycles. The van der Waals surface area contributed by atoms with Crippen LogP contribution in [0.4, 0.5) is 4.39 Å². The highest BCUT2D eigenvalue weighted by Gasteiger charge is 2.00. The predicted molar refractivity (Wildman–Crippen MR) is 84.5 cm³/mol. The molecule has 0 spiro atoms. The smallest absolute Gasteiger partial charge is 0.305 e. The van der Waals surface area contributed by atoms with Gasteiger partial charge in [0.2, 0.25) is 0 Å². The van der Waals surface area contributed by atoms with Gasteiger partial charge in [-0.25, -0.2) is 4.39 Å². The number of methoxy groups -OCH3 is 1. The van der Waals surface area contributed by atoms with Gasteiger partial charge in [-0.05, 0) is 30.9 Å². The zero-order valence-electron chi connectivity index (χ0n) is 12.8. The van der Waals surface area contributed by atoms with E-state index in [1.54, 1.807) is 6.08 Å². The van der Waals surface area contributed by atoms with Crippen molar-refractivity contribution in [2.75, 3.05) is 7.11 Å². The maximum atomic E-state index is 13.7. The molecule has 0 N–H and O–H groups in total. The number of carbonyl (C=O) groups excluding carboxylic acids is 1. The molecule has 0 fully saturated rings. The first-order chi connectivity index (χ1) is 10.2. The minimum atomic E-state index is -0.136. The molecule has 1 aromatic rings. The lowest BCUT2D eigenvalue weighted by molar-refractivity contribution is -0.140. The van der Waals surface area contributed by atoms with Gasteiger partial charge in [0.15, 0.2) is 0 Å². The minimum absolute atomic E-state index is 0.0492. The molecular weight excluding hydrogens is 267 g/mol. The third kappa shape index (κ3) is 9.01. The second kappa shape index (κ2) is 11.1. The lowest BCUT2D eigenvalue weighted by Crippen LogP contribution is -1.99. The third-order valence-electron chi connectivity index (χ3n) is 3.40. The van der Waals surface area contributed by atoms with Crippen molar-refractivity contribution in [2.24, 2.45) is 0 Å². The van der Waals surface area contributed by atoms with Crippen LogP contribution < -0.4 is 0 Å². The number of benzene rings is 1. The Kier molecular flexibility index (Phi) is 9.18. The van der Waals surface area contributed by atoms with Crippen LogP contribution in [0, 0.1) is 0 Å². The van der Waals surface area contributed by atoms with Gasteiger partial charge >= 0.3 is 5.97 Å². The van der Waals surface area contributed by atoms with E-state index in [-0.39, 0.29) is 11.8 Å². The Morgan fingerprint density at radius 2 is 1.57 bits per heavy atom. The summed E-state index contributed by atoms with van der Waals surface area (Å²) in [5, 5.41) is 0. The Labute approximate surface area is 127 Å². The minimum Gasteiger partial charge on any atom is -0.469 e. The molecule has 2 nitrogen and oxygen atoms in total. The summed E-state index contributed by atoms with van der Waals surface area (Å²) < 4.78 is 18.2. The van der Waals surface area contributed by atoms with Crippen molar-refractivity contribution < 1.29 is 13.9 Å². The molecule has 0 heterocycles. The first kappa shape index (κ1) is 17.4. The molecule has 0 saturated heterocycles. The number of esters is 1. The summed E-state index contributed by atoms with van der Waals surface area (Å²) >= 11 is 0. The van der Waals surface area contributed by atoms with Crippen LogP contribution in [0.2, 0.25) is 0 Å². The van der Waals surface area contributed by atoms with Gasteiger partial charge in [0.1, 0.15) is 5.83 Å². The Balaban J connectivity index is 2.01. The molecule has 0 radical (unpaired) electrons. The van der Waals surface area contributed by atoms with Gasteiger partial charge in [-0.3, -0.25) is 4.79 Å². The molecule has 0 atom stereocenters. The number of hydrogen-bond donors (Lipinski definition) is 0. The monoisotopic (exact) mass is 292 g/mol. The van der Waals surface area contributed by atoms with Crippen molar-refractivity contribution in [3.8, 4) is 0 Å². The van der Waals surface area contributed by atoms with Crippen LogP contribution in [-0.2, 0) is 9.53 Å². The average molecular weight is 292 g/mol. The molecule has 0 unspecified atom stereocenters. The Bertz CT molecular complexity index is 426. The van der Waals surface area contributed by atoms with Crippen LogP contribution in [0.1, 0.15) is 56.9 Å². The number of rotatable bonds is 10. The zero-order chi connectivity index (χ0) is 15.3. The Morgan fingerprint density at radius 3 is 2.19 bits per heavy atom. The molecular formula is C18H25FO2. The van der Waals surface area contributed by atoms with Gasteiger partial charge in [-0.2, -0.15) is 0 Å². The molecule has 1 aromatic carbocycles. The van der Waals surface area contributed by atoms with Gasteiger partial charge < -0.3 is 4.74 Å². The van der Waals surface area contributed by atoms with E-state index in [2.05, 4.69) is 4.74 Å². The first-order valence-corrected chi connectivity index (χ1v) is 7.70. The number of carbonyl (C=O) groups is 1. The van der Waals surface area contributed by atoms with Gasteiger partial charge in [-0.15, -0.1) is 0 Å². The molecule has 0 amide bonds. The van der Waals surface area contributed by atoms with Gasteiger partial charge in [0.05, 0.1) is 7.11 Å². The Hall–Kier alpha value is -1.64. The lowest BCUT2D eigenvalue weighted by Gasteiger charge is -2.02. The van der Waals surface area contributed by atoms with Crippen LogP contribution in [-0.4, -0.2) is 13.1 Å². The molecule has 0 aliphatic heterocycles. The highest BCUT2D eigenvalue weighted by atomic mass is 19.1. The van der Waals surface area contributed by atoms with Gasteiger partial charge in [-0.1, -0.05) is 56.0 Å². The fourth-order valence-electron chi connectivity index (χ4n) is 2.17. The number of halogens is 1. The highest BCUT2D eigenvalue weighted by Crippen LogP contribution is 2.16. The van der Waals surface area contributed by atoms with Crippen molar-refractivity contribution in [2.45, 2.75) is 51.4 Å². The SMILES string of the molecule is COC(=O)CCCCCCCC/C(F)=C\c1ccccc1. The van der Waals surface area contributed by atoms with Gasteiger partial charge in [0, 0.05) is 6.42 Å². The van der Waals surface area contributed by atoms with E-state index in [0.29, 0.717) is 12.8 Å². The third-order valence-corrected chi connectivity index (χ3v) is 3.40. The standard InChI is InChI=1S/C18H25FO2/c1-21-18(20)14-10-5-3-2-4-9-13-17(19)15-16-11-7-6-8-12-16/h6-8,11-12,15H,2-5,9-10,13-14H2,1H3/b17-15+. The van der Waals surface area contributed by atoms with Crippen molar-refractivity contribution in [1.82, 2.24) is 0 Å². The maximum Gasteiger partial charge on any atom is 0.305 e. The number of hydrogen-bond acceptors (Lipinski definition) is 2. The predicted octanol–water partition coefficient (Wildman–Crippen LogP) is 5.29. The van der Waals surface area contributed by atoms with E-state index in [4.69, 9.17) is 0 Å². The van der Waals surface area contributed by atoms with E-state index in [1.165, 1.54) is 7.11 Å². The normalized spacial score (nSPS) is 11.4. The number of ether oxygens (including phenoxy) is 1. The summed E-state index contributed by atoms with van der Waals surface area (Å²) in [6, 6.07) is 9.55. The van der Waals surface area contributed by atoms with Gasteiger partial charge in [0.25, 0.3) is 0 Å². The van der Waals surface area contributed by atoms with Crippen molar-refractivity contribution >= 4 is 12.0 Å². The van der Waals surface area contributed by atoms with Crippen LogP contribution in [0.25, 0.3) is 6.08 Å². The van der Waals surface area contributed by atoms with E-state index < -0.39 is 0 Å². The van der Waals surface area contributed by atoms with E-state index >= 15 is 0 Å². The quantitative estimate of drug-likeness (QED) is 0.432. The highest BCUT2D eigenvalue weighted by molar-refractivity contribution is 5.68. The van der Waals surface area contributed by atoms with E-state index in [1.807, 2.05) is 30.3 Å². The molecule has 0 aromatic heterocycles. The molecule has 116 valence electrons. The van der Waals surface area contributed by atoms with Crippen LogP contribution in [0.15, 0.2) is 36.2 Å². The number of allylic oxidation sites excluding steroid dienone is 1. The summed E-state index contributed by atoms with van der Waals surface area (Å²) in [6.07, 6.45) is 8.66. The molecule has 0 bridgehead atoms. The second-order valence-electron chi connectivity index (χ2n) is 5.20. The molecule has 21 heavy (non-hydrogen) atoms. The molecule has 3 heteroatoms. The summed E-state index contributed by atoms with van der Waals surface area (Å²) in [6.45, 7) is 0.